The fourth-order valence-corrected chi connectivity index (χ4v) is 5.68. The van der Waals surface area contributed by atoms with Gasteiger partial charge in [-0.2, -0.15) is 0 Å². The molecule has 0 saturated heterocycles. The minimum atomic E-state index is -0.507. The molecule has 0 bridgehead atoms. The fraction of sp³-hybridized carbons (Fsp3) is 0.704. The number of carbonyl (C=O) groups excluding carboxylic acids is 2. The van der Waals surface area contributed by atoms with Crippen molar-refractivity contribution in [3.05, 3.63) is 22.2 Å². The highest BCUT2D eigenvalue weighted by Crippen LogP contribution is 2.46. The van der Waals surface area contributed by atoms with Crippen LogP contribution in [0.1, 0.15) is 99.3 Å². The Labute approximate surface area is 215 Å². The van der Waals surface area contributed by atoms with Gasteiger partial charge in [-0.3, -0.25) is 9.59 Å². The van der Waals surface area contributed by atoms with Gasteiger partial charge in [-0.25, -0.2) is 0 Å². The van der Waals surface area contributed by atoms with Crippen LogP contribution in [-0.2, 0) is 9.59 Å². The quantitative estimate of drug-likeness (QED) is 0.334. The number of carbonyl (C=O) groups is 2. The van der Waals surface area contributed by atoms with Crippen molar-refractivity contribution in [1.29, 1.82) is 0 Å². The summed E-state index contributed by atoms with van der Waals surface area (Å²) in [7, 11) is 0. The number of halogens is 2. The number of benzene rings is 1. The molecule has 1 aromatic carbocycles. The van der Waals surface area contributed by atoms with E-state index in [4.69, 9.17) is 23.2 Å². The molecule has 1 N–H and O–H groups in total. The van der Waals surface area contributed by atoms with Gasteiger partial charge >= 0.3 is 0 Å². The van der Waals surface area contributed by atoms with E-state index in [2.05, 4.69) is 26.1 Å². The molecule has 0 spiro atoms. The fourth-order valence-electron chi connectivity index (χ4n) is 4.39. The second-order valence-corrected chi connectivity index (χ2v) is 13.0. The maximum absolute atomic E-state index is 13.8. The molecule has 0 heterocycles. The first-order chi connectivity index (χ1) is 15.4. The van der Waals surface area contributed by atoms with E-state index in [1.807, 2.05) is 20.8 Å². The van der Waals surface area contributed by atoms with Crippen molar-refractivity contribution < 1.29 is 9.59 Å². The van der Waals surface area contributed by atoms with Crippen LogP contribution >= 0.6 is 35.0 Å². The van der Waals surface area contributed by atoms with E-state index in [0.717, 1.165) is 56.2 Å². The van der Waals surface area contributed by atoms with Crippen molar-refractivity contribution in [1.82, 2.24) is 0 Å². The SMILES string of the molecule is CCCC[C@H]1CC[C@](CCC(C)C)(C(=O)Nc2cc(Cl)c(Cl)cc2SC(=O)C(C)(C)C)CC1. The van der Waals surface area contributed by atoms with Gasteiger partial charge in [-0.1, -0.05) is 84.0 Å². The lowest BCUT2D eigenvalue weighted by Gasteiger charge is -2.39. The second-order valence-electron chi connectivity index (χ2n) is 11.2. The monoisotopic (exact) mass is 513 g/mol. The van der Waals surface area contributed by atoms with E-state index in [1.54, 1.807) is 12.1 Å². The normalized spacial score (nSPS) is 21.3. The van der Waals surface area contributed by atoms with Gasteiger partial charge in [0.1, 0.15) is 0 Å². The van der Waals surface area contributed by atoms with Crippen LogP contribution in [0, 0.1) is 22.7 Å². The van der Waals surface area contributed by atoms with Crippen LogP contribution < -0.4 is 5.32 Å². The lowest BCUT2D eigenvalue weighted by Crippen LogP contribution is -2.40. The predicted molar refractivity (Wildman–Crippen MR) is 143 cm³/mol. The third kappa shape index (κ3) is 8.18. The predicted octanol–water partition coefficient (Wildman–Crippen LogP) is 9.40. The zero-order chi connectivity index (χ0) is 24.8. The highest BCUT2D eigenvalue weighted by Gasteiger charge is 2.41. The Morgan fingerprint density at radius 1 is 1.15 bits per heavy atom. The van der Waals surface area contributed by atoms with E-state index in [9.17, 15) is 9.59 Å². The number of amides is 1. The largest absolute Gasteiger partial charge is 0.325 e. The maximum Gasteiger partial charge on any atom is 0.230 e. The number of hydrogen-bond acceptors (Lipinski definition) is 3. The molecule has 0 radical (unpaired) electrons. The maximum atomic E-state index is 13.8. The van der Waals surface area contributed by atoms with Crippen LogP contribution in [0.5, 0.6) is 0 Å². The van der Waals surface area contributed by atoms with Crippen molar-refractivity contribution in [2.45, 2.75) is 104 Å². The van der Waals surface area contributed by atoms with E-state index in [-0.39, 0.29) is 16.4 Å². The molecular formula is C27H41Cl2NO2S. The van der Waals surface area contributed by atoms with Crippen molar-refractivity contribution in [3.8, 4) is 0 Å². The number of hydrogen-bond donors (Lipinski definition) is 1. The van der Waals surface area contributed by atoms with E-state index < -0.39 is 5.41 Å². The van der Waals surface area contributed by atoms with E-state index in [1.165, 1.54) is 19.3 Å². The van der Waals surface area contributed by atoms with Gasteiger partial charge in [0.15, 0.2) is 5.12 Å². The van der Waals surface area contributed by atoms with E-state index in [0.29, 0.717) is 26.5 Å². The van der Waals surface area contributed by atoms with E-state index >= 15 is 0 Å². The first kappa shape index (κ1) is 28.5. The Morgan fingerprint density at radius 2 is 1.76 bits per heavy atom. The third-order valence-electron chi connectivity index (χ3n) is 6.80. The summed E-state index contributed by atoms with van der Waals surface area (Å²) in [6.07, 6.45) is 9.73. The molecule has 1 fully saturated rings. The Hall–Kier alpha value is -0.710. The molecule has 1 saturated carbocycles. The molecule has 1 aliphatic rings. The first-order valence-corrected chi connectivity index (χ1v) is 14.0. The summed E-state index contributed by atoms with van der Waals surface area (Å²) in [4.78, 5) is 27.1. The zero-order valence-electron chi connectivity index (χ0n) is 21.2. The molecule has 0 aromatic heterocycles. The summed E-state index contributed by atoms with van der Waals surface area (Å²) in [6.45, 7) is 12.3. The van der Waals surface area contributed by atoms with Crippen molar-refractivity contribution in [2.75, 3.05) is 5.32 Å². The molecule has 0 unspecified atom stereocenters. The number of anilines is 1. The van der Waals surface area contributed by atoms with Crippen LogP contribution in [-0.4, -0.2) is 11.0 Å². The number of rotatable bonds is 9. The first-order valence-electron chi connectivity index (χ1n) is 12.4. The van der Waals surface area contributed by atoms with Gasteiger partial charge < -0.3 is 5.32 Å². The van der Waals surface area contributed by atoms with Gasteiger partial charge in [0.2, 0.25) is 5.91 Å². The summed E-state index contributed by atoms with van der Waals surface area (Å²) in [5.41, 5.74) is -0.295. The van der Waals surface area contributed by atoms with Gasteiger partial charge in [0.25, 0.3) is 0 Å². The van der Waals surface area contributed by atoms with Crippen molar-refractivity contribution in [2.24, 2.45) is 22.7 Å². The van der Waals surface area contributed by atoms with Crippen LogP contribution in [0.15, 0.2) is 17.0 Å². The summed E-state index contributed by atoms with van der Waals surface area (Å²) in [5.74, 6) is 1.33. The second kappa shape index (κ2) is 12.3. The molecular weight excluding hydrogens is 473 g/mol. The van der Waals surface area contributed by atoms with Gasteiger partial charge in [0, 0.05) is 15.7 Å². The Kier molecular flexibility index (Phi) is 10.6. The highest BCUT2D eigenvalue weighted by atomic mass is 35.5. The van der Waals surface area contributed by atoms with Gasteiger partial charge in [0.05, 0.1) is 15.7 Å². The summed E-state index contributed by atoms with van der Waals surface area (Å²) in [5, 5.41) is 3.94. The molecule has 1 amide bonds. The standard InChI is InChI=1S/C27H41Cl2NO2S/c1-7-8-9-19-11-14-27(15-12-19,13-10-18(2)3)24(31)30-22-16-20(28)21(29)17-23(22)33-25(32)26(4,5)6/h16-19H,7-15H2,1-6H3,(H,30,31)/t19-,27-. The molecule has 3 nitrogen and oxygen atoms in total. The van der Waals surface area contributed by atoms with Crippen LogP contribution in [0.25, 0.3) is 0 Å². The zero-order valence-corrected chi connectivity index (χ0v) is 23.5. The molecule has 1 aliphatic carbocycles. The smallest absolute Gasteiger partial charge is 0.230 e. The summed E-state index contributed by atoms with van der Waals surface area (Å²) in [6, 6.07) is 3.37. The third-order valence-corrected chi connectivity index (χ3v) is 8.87. The molecule has 33 heavy (non-hydrogen) atoms. The lowest BCUT2D eigenvalue weighted by molar-refractivity contribution is -0.128. The Bertz CT molecular complexity index is 824. The summed E-state index contributed by atoms with van der Waals surface area (Å²) >= 11 is 13.7. The minimum absolute atomic E-state index is 0.0161. The van der Waals surface area contributed by atoms with Gasteiger partial charge in [-0.05, 0) is 74.3 Å². The lowest BCUT2D eigenvalue weighted by atomic mass is 9.66. The van der Waals surface area contributed by atoms with Crippen LogP contribution in [0.3, 0.4) is 0 Å². The average molecular weight is 515 g/mol. The minimum Gasteiger partial charge on any atom is -0.325 e. The Balaban J connectivity index is 2.28. The number of nitrogens with one attached hydrogen (secondary N) is 1. The Morgan fingerprint density at radius 3 is 2.30 bits per heavy atom. The molecule has 0 aliphatic heterocycles. The molecule has 0 atom stereocenters. The molecule has 2 rings (SSSR count). The number of thioether (sulfide) groups is 1. The van der Waals surface area contributed by atoms with Gasteiger partial charge in [-0.15, -0.1) is 0 Å². The average Bonchev–Trinajstić information content (AvgIpc) is 2.74. The topological polar surface area (TPSA) is 46.2 Å². The van der Waals surface area contributed by atoms with Crippen LogP contribution in [0.4, 0.5) is 5.69 Å². The highest BCUT2D eigenvalue weighted by molar-refractivity contribution is 8.13. The molecule has 1 aromatic rings. The van der Waals surface area contributed by atoms with Crippen molar-refractivity contribution >= 4 is 51.7 Å². The van der Waals surface area contributed by atoms with Crippen LogP contribution in [0.2, 0.25) is 10.0 Å². The molecule has 6 heteroatoms. The number of unbranched alkanes of at least 4 members (excludes halogenated alkanes) is 1. The van der Waals surface area contributed by atoms with Crippen molar-refractivity contribution in [3.63, 3.8) is 0 Å². The molecule has 186 valence electrons. The summed E-state index contributed by atoms with van der Waals surface area (Å²) < 4.78 is 0.